The Morgan fingerprint density at radius 2 is 1.93 bits per heavy atom. The third-order valence-corrected chi connectivity index (χ3v) is 3.47. The lowest BCUT2D eigenvalue weighted by Crippen LogP contribution is -2.09. The highest BCUT2D eigenvalue weighted by Gasteiger charge is 2.04. The second-order valence-corrected chi connectivity index (χ2v) is 4.13. The quantitative estimate of drug-likeness (QED) is 0.872. The van der Waals surface area contributed by atoms with Crippen molar-refractivity contribution in [1.29, 1.82) is 0 Å². The average Bonchev–Trinajstić information content (AvgIpc) is 2.10. The topological polar surface area (TPSA) is 46.5 Å². The van der Waals surface area contributed by atoms with Crippen LogP contribution < -0.4 is 4.74 Å². The molecule has 0 aliphatic heterocycles. The number of halogens is 1. The van der Waals surface area contributed by atoms with Gasteiger partial charge in [-0.25, -0.2) is 4.79 Å². The molecule has 3 nitrogen and oxygen atoms in total. The van der Waals surface area contributed by atoms with E-state index < -0.39 is 5.97 Å². The monoisotopic (exact) mass is 306 g/mol. The van der Waals surface area contributed by atoms with Gasteiger partial charge >= 0.3 is 5.97 Å². The van der Waals surface area contributed by atoms with Crippen LogP contribution in [-0.4, -0.2) is 17.7 Å². The molecule has 1 aromatic carbocycles. The van der Waals surface area contributed by atoms with Gasteiger partial charge < -0.3 is 9.84 Å². The molecule has 1 rings (SSSR count). The number of carbonyl (C=O) groups is 1. The minimum Gasteiger partial charge on any atom is -0.482 e. The molecule has 0 spiro atoms. The third kappa shape index (κ3) is 2.87. The highest BCUT2D eigenvalue weighted by atomic mass is 127. The van der Waals surface area contributed by atoms with Gasteiger partial charge in [0.1, 0.15) is 5.75 Å². The lowest BCUT2D eigenvalue weighted by Gasteiger charge is -2.08. The van der Waals surface area contributed by atoms with Crippen molar-refractivity contribution in [3.05, 3.63) is 26.8 Å². The highest BCUT2D eigenvalue weighted by Crippen LogP contribution is 2.22. The molecular formula is C10H11IO3. The maximum absolute atomic E-state index is 10.3. The zero-order valence-corrected chi connectivity index (χ0v) is 10.2. The summed E-state index contributed by atoms with van der Waals surface area (Å²) < 4.78 is 6.27. The number of hydrogen-bond acceptors (Lipinski definition) is 2. The van der Waals surface area contributed by atoms with Gasteiger partial charge in [-0.05, 0) is 59.7 Å². The van der Waals surface area contributed by atoms with E-state index in [4.69, 9.17) is 9.84 Å². The lowest BCUT2D eigenvalue weighted by molar-refractivity contribution is -0.139. The van der Waals surface area contributed by atoms with Crippen molar-refractivity contribution in [2.45, 2.75) is 13.8 Å². The fourth-order valence-corrected chi connectivity index (χ4v) is 1.45. The Labute approximate surface area is 96.2 Å². The Kier molecular flexibility index (Phi) is 3.74. The van der Waals surface area contributed by atoms with E-state index in [9.17, 15) is 4.79 Å². The van der Waals surface area contributed by atoms with E-state index in [0.717, 1.165) is 11.1 Å². The van der Waals surface area contributed by atoms with Crippen molar-refractivity contribution >= 4 is 28.6 Å². The van der Waals surface area contributed by atoms with E-state index in [0.29, 0.717) is 5.75 Å². The predicted molar refractivity (Wildman–Crippen MR) is 61.8 cm³/mol. The molecule has 0 bridgehead atoms. The molecular weight excluding hydrogens is 295 g/mol. The molecule has 0 atom stereocenters. The molecule has 0 saturated carbocycles. The second kappa shape index (κ2) is 4.63. The average molecular weight is 306 g/mol. The number of carboxylic acids is 1. The van der Waals surface area contributed by atoms with Crippen molar-refractivity contribution in [2.24, 2.45) is 0 Å². The van der Waals surface area contributed by atoms with Crippen LogP contribution in [0.1, 0.15) is 11.1 Å². The van der Waals surface area contributed by atoms with E-state index in [1.54, 1.807) is 0 Å². The fraction of sp³-hybridized carbons (Fsp3) is 0.300. The summed E-state index contributed by atoms with van der Waals surface area (Å²) >= 11 is 2.26. The van der Waals surface area contributed by atoms with E-state index >= 15 is 0 Å². The van der Waals surface area contributed by atoms with Gasteiger partial charge in [0.2, 0.25) is 0 Å². The molecule has 0 aromatic heterocycles. The van der Waals surface area contributed by atoms with Crippen molar-refractivity contribution in [2.75, 3.05) is 6.61 Å². The summed E-state index contributed by atoms with van der Waals surface area (Å²) in [5, 5.41) is 8.44. The minimum absolute atomic E-state index is 0.292. The van der Waals surface area contributed by atoms with Crippen LogP contribution in [0, 0.1) is 17.4 Å². The number of rotatable bonds is 3. The van der Waals surface area contributed by atoms with Gasteiger partial charge in [0.15, 0.2) is 6.61 Å². The molecule has 0 saturated heterocycles. The summed E-state index contributed by atoms with van der Waals surface area (Å²) in [4.78, 5) is 10.3. The first kappa shape index (κ1) is 11.3. The Morgan fingerprint density at radius 3 is 2.36 bits per heavy atom. The van der Waals surface area contributed by atoms with Crippen molar-refractivity contribution in [3.63, 3.8) is 0 Å². The highest BCUT2D eigenvalue weighted by molar-refractivity contribution is 14.1. The van der Waals surface area contributed by atoms with Crippen LogP contribution in [0.2, 0.25) is 0 Å². The van der Waals surface area contributed by atoms with Gasteiger partial charge in [0, 0.05) is 3.57 Å². The van der Waals surface area contributed by atoms with Crippen LogP contribution in [0.5, 0.6) is 5.75 Å². The molecule has 0 radical (unpaired) electrons. The summed E-state index contributed by atoms with van der Waals surface area (Å²) in [6.45, 7) is 3.66. The van der Waals surface area contributed by atoms with Crippen LogP contribution in [-0.2, 0) is 4.79 Å². The SMILES string of the molecule is Cc1cc(OCC(=O)O)cc(C)c1I. The molecule has 1 aromatic rings. The molecule has 0 aliphatic carbocycles. The van der Waals surface area contributed by atoms with Crippen molar-refractivity contribution < 1.29 is 14.6 Å². The lowest BCUT2D eigenvalue weighted by atomic mass is 10.1. The van der Waals surface area contributed by atoms with Gasteiger partial charge in [-0.1, -0.05) is 0 Å². The molecule has 0 aliphatic rings. The zero-order valence-electron chi connectivity index (χ0n) is 8.00. The molecule has 4 heteroatoms. The number of carboxylic acid groups (broad SMARTS) is 1. The molecule has 1 N–H and O–H groups in total. The van der Waals surface area contributed by atoms with Crippen molar-refractivity contribution in [1.82, 2.24) is 0 Å². The van der Waals surface area contributed by atoms with Gasteiger partial charge in [-0.15, -0.1) is 0 Å². The van der Waals surface area contributed by atoms with Gasteiger partial charge in [0.25, 0.3) is 0 Å². The first-order valence-electron chi connectivity index (χ1n) is 4.12. The largest absolute Gasteiger partial charge is 0.482 e. The minimum atomic E-state index is -0.959. The molecule has 0 heterocycles. The number of aliphatic carboxylic acids is 1. The van der Waals surface area contributed by atoms with E-state index in [2.05, 4.69) is 22.6 Å². The Balaban J connectivity index is 2.84. The summed E-state index contributed by atoms with van der Waals surface area (Å²) in [6, 6.07) is 3.69. The molecule has 76 valence electrons. The molecule has 0 amide bonds. The summed E-state index contributed by atoms with van der Waals surface area (Å²) in [7, 11) is 0. The van der Waals surface area contributed by atoms with Crippen LogP contribution in [0.4, 0.5) is 0 Å². The van der Waals surface area contributed by atoms with E-state index in [-0.39, 0.29) is 6.61 Å². The van der Waals surface area contributed by atoms with Crippen LogP contribution >= 0.6 is 22.6 Å². The van der Waals surface area contributed by atoms with E-state index in [1.807, 2.05) is 26.0 Å². The summed E-state index contributed by atoms with van der Waals surface area (Å²) in [5.41, 5.74) is 2.21. The van der Waals surface area contributed by atoms with E-state index in [1.165, 1.54) is 3.57 Å². The summed E-state index contributed by atoms with van der Waals surface area (Å²) in [6.07, 6.45) is 0. The normalized spacial score (nSPS) is 9.93. The number of benzene rings is 1. The third-order valence-electron chi connectivity index (χ3n) is 1.77. The van der Waals surface area contributed by atoms with Gasteiger partial charge in [-0.3, -0.25) is 0 Å². The Bertz CT molecular complexity index is 337. The molecule has 14 heavy (non-hydrogen) atoms. The maximum atomic E-state index is 10.3. The van der Waals surface area contributed by atoms with Crippen molar-refractivity contribution in [3.8, 4) is 5.75 Å². The van der Waals surface area contributed by atoms with Gasteiger partial charge in [0.05, 0.1) is 0 Å². The number of ether oxygens (including phenoxy) is 1. The molecule has 0 fully saturated rings. The zero-order chi connectivity index (χ0) is 10.7. The fourth-order valence-electron chi connectivity index (χ4n) is 1.13. The number of aryl methyl sites for hydroxylation is 2. The molecule has 0 unspecified atom stereocenters. The smallest absolute Gasteiger partial charge is 0.341 e. The Hall–Kier alpha value is -0.780. The van der Waals surface area contributed by atoms with Crippen LogP contribution in [0.25, 0.3) is 0 Å². The number of hydrogen-bond donors (Lipinski definition) is 1. The van der Waals surface area contributed by atoms with Crippen LogP contribution in [0.15, 0.2) is 12.1 Å². The predicted octanol–water partition coefficient (Wildman–Crippen LogP) is 2.37. The van der Waals surface area contributed by atoms with Crippen LogP contribution in [0.3, 0.4) is 0 Å². The first-order chi connectivity index (χ1) is 6.50. The first-order valence-corrected chi connectivity index (χ1v) is 5.20. The summed E-state index contributed by atoms with van der Waals surface area (Å²) in [5.74, 6) is -0.346. The standard InChI is InChI=1S/C10H11IO3/c1-6-3-8(14-5-9(12)13)4-7(2)10(6)11/h3-4H,5H2,1-2H3,(H,12,13). The maximum Gasteiger partial charge on any atom is 0.341 e. The second-order valence-electron chi connectivity index (χ2n) is 3.05. The van der Waals surface area contributed by atoms with Gasteiger partial charge in [-0.2, -0.15) is 0 Å². The Morgan fingerprint density at radius 1 is 1.43 bits per heavy atom.